The lowest BCUT2D eigenvalue weighted by molar-refractivity contribution is -0.134. The number of ether oxygens (including phenoxy) is 4. The second-order valence-corrected chi connectivity index (χ2v) is 6.23. The Bertz CT molecular complexity index is 861. The molecule has 0 atom stereocenters. The molecular weight excluding hydrogens is 484 g/mol. The lowest BCUT2D eigenvalue weighted by Crippen LogP contribution is -2.16. The van der Waals surface area contributed by atoms with Crippen LogP contribution < -0.4 is 24.4 Å². The largest absolute Gasteiger partial charge is 0.424 e. The summed E-state index contributed by atoms with van der Waals surface area (Å²) in [6, 6.07) is 0. The van der Waals surface area contributed by atoms with Crippen LogP contribution in [0, 0.1) is 0 Å². The van der Waals surface area contributed by atoms with E-state index in [2.05, 4.69) is 31.9 Å². The fourth-order valence-electron chi connectivity index (χ4n) is 1.65. The molecule has 0 saturated carbocycles. The fourth-order valence-corrected chi connectivity index (χ4v) is 2.99. The van der Waals surface area contributed by atoms with Crippen molar-refractivity contribution in [2.24, 2.45) is 0 Å². The Balaban J connectivity index is 4.08. The minimum absolute atomic E-state index is 0.207. The summed E-state index contributed by atoms with van der Waals surface area (Å²) in [5, 5.41) is 0. The lowest BCUT2D eigenvalue weighted by atomic mass is 10.4. The predicted octanol–water partition coefficient (Wildman–Crippen LogP) is 2.27. The standard InChI is InChI=1S/C15H12Br2O9/c1-5(18)23-12-9(16)13(24-6(2)19)11(22)15(26-8(4)21)14(10(12)17)25-7(3)20/h1-4H3. The molecular formula is C15H12Br2O9. The summed E-state index contributed by atoms with van der Waals surface area (Å²) in [7, 11) is 0. The zero-order valence-electron chi connectivity index (χ0n) is 13.9. The Morgan fingerprint density at radius 3 is 1.31 bits per heavy atom. The third-order valence-electron chi connectivity index (χ3n) is 2.40. The maximum Gasteiger partial charge on any atom is 0.308 e. The third kappa shape index (κ3) is 5.36. The van der Waals surface area contributed by atoms with E-state index < -0.39 is 46.6 Å². The molecule has 0 heterocycles. The molecule has 0 spiro atoms. The van der Waals surface area contributed by atoms with Crippen LogP contribution in [0.25, 0.3) is 0 Å². The molecule has 0 N–H and O–H groups in total. The highest BCUT2D eigenvalue weighted by Gasteiger charge is 2.28. The van der Waals surface area contributed by atoms with Crippen molar-refractivity contribution >= 4 is 55.7 Å². The Labute approximate surface area is 163 Å². The number of halogens is 2. The van der Waals surface area contributed by atoms with Gasteiger partial charge in [0.25, 0.3) is 5.43 Å². The second kappa shape index (κ2) is 8.90. The lowest BCUT2D eigenvalue weighted by Gasteiger charge is -2.08. The normalized spacial score (nSPS) is 9.92. The molecule has 0 radical (unpaired) electrons. The van der Waals surface area contributed by atoms with Gasteiger partial charge in [-0.05, 0) is 31.9 Å². The van der Waals surface area contributed by atoms with Crippen molar-refractivity contribution < 1.29 is 38.1 Å². The second-order valence-electron chi connectivity index (χ2n) is 4.65. The van der Waals surface area contributed by atoms with Crippen molar-refractivity contribution in [3.8, 4) is 23.0 Å². The van der Waals surface area contributed by atoms with Crippen molar-refractivity contribution in [3.05, 3.63) is 19.2 Å². The fraction of sp³-hybridized carbons (Fsp3) is 0.267. The summed E-state index contributed by atoms with van der Waals surface area (Å²) in [5.74, 6) is -5.67. The van der Waals surface area contributed by atoms with Gasteiger partial charge in [0.2, 0.25) is 5.75 Å². The smallest absolute Gasteiger partial charge is 0.308 e. The Kier molecular flexibility index (Phi) is 7.45. The molecule has 26 heavy (non-hydrogen) atoms. The van der Waals surface area contributed by atoms with Gasteiger partial charge in [0.05, 0.1) is 0 Å². The molecule has 0 aliphatic carbocycles. The van der Waals surface area contributed by atoms with Crippen molar-refractivity contribution in [2.75, 3.05) is 0 Å². The summed E-state index contributed by atoms with van der Waals surface area (Å²) in [6.07, 6.45) is 0. The molecule has 0 aromatic heterocycles. The molecule has 0 bridgehead atoms. The summed E-state index contributed by atoms with van der Waals surface area (Å²) in [5.41, 5.74) is -1.10. The number of rotatable bonds is 4. The van der Waals surface area contributed by atoms with E-state index in [1.807, 2.05) is 0 Å². The van der Waals surface area contributed by atoms with Crippen molar-refractivity contribution in [3.63, 3.8) is 0 Å². The van der Waals surface area contributed by atoms with E-state index in [1.54, 1.807) is 0 Å². The highest BCUT2D eigenvalue weighted by molar-refractivity contribution is 9.11. The summed E-state index contributed by atoms with van der Waals surface area (Å²) in [6.45, 7) is 4.15. The highest BCUT2D eigenvalue weighted by Crippen LogP contribution is 2.46. The first-order valence-electron chi connectivity index (χ1n) is 6.78. The molecule has 0 aliphatic rings. The van der Waals surface area contributed by atoms with Crippen LogP contribution in [0.4, 0.5) is 0 Å². The van der Waals surface area contributed by atoms with Crippen LogP contribution in [-0.2, 0) is 19.2 Å². The molecule has 0 fully saturated rings. The number of esters is 4. The number of carbonyl (C=O) groups excluding carboxylic acids is 4. The van der Waals surface area contributed by atoms with Crippen molar-refractivity contribution in [1.29, 1.82) is 0 Å². The minimum atomic E-state index is -1.10. The molecule has 0 aliphatic heterocycles. The Morgan fingerprint density at radius 1 is 0.577 bits per heavy atom. The molecule has 1 aromatic carbocycles. The third-order valence-corrected chi connectivity index (χ3v) is 3.84. The van der Waals surface area contributed by atoms with Gasteiger partial charge in [-0.25, -0.2) is 0 Å². The zero-order chi connectivity index (χ0) is 20.2. The predicted molar refractivity (Wildman–Crippen MR) is 93.3 cm³/mol. The maximum absolute atomic E-state index is 12.7. The van der Waals surface area contributed by atoms with Gasteiger partial charge in [0.1, 0.15) is 8.95 Å². The first-order chi connectivity index (χ1) is 12.0. The van der Waals surface area contributed by atoms with Gasteiger partial charge >= 0.3 is 23.9 Å². The van der Waals surface area contributed by atoms with E-state index in [-0.39, 0.29) is 14.7 Å². The van der Waals surface area contributed by atoms with Gasteiger partial charge in [-0.3, -0.25) is 24.0 Å². The van der Waals surface area contributed by atoms with E-state index in [0.717, 1.165) is 27.7 Å². The average molecular weight is 496 g/mol. The molecule has 11 heteroatoms. The van der Waals surface area contributed by atoms with Gasteiger partial charge in [0, 0.05) is 27.7 Å². The molecule has 0 saturated heterocycles. The summed E-state index contributed by atoms with van der Waals surface area (Å²) >= 11 is 6.04. The first-order valence-corrected chi connectivity index (χ1v) is 8.37. The van der Waals surface area contributed by atoms with E-state index in [0.29, 0.717) is 0 Å². The van der Waals surface area contributed by atoms with Gasteiger partial charge in [-0.15, -0.1) is 0 Å². The molecule has 1 rings (SSSR count). The van der Waals surface area contributed by atoms with Gasteiger partial charge < -0.3 is 18.9 Å². The topological polar surface area (TPSA) is 122 Å². The van der Waals surface area contributed by atoms with Crippen LogP contribution in [0.3, 0.4) is 0 Å². The van der Waals surface area contributed by atoms with Crippen LogP contribution in [0.15, 0.2) is 13.7 Å². The molecule has 0 unspecified atom stereocenters. The van der Waals surface area contributed by atoms with Gasteiger partial charge in [-0.1, -0.05) is 0 Å². The number of carbonyl (C=O) groups is 4. The van der Waals surface area contributed by atoms with Gasteiger partial charge in [-0.2, -0.15) is 0 Å². The van der Waals surface area contributed by atoms with E-state index in [1.165, 1.54) is 0 Å². The molecule has 0 amide bonds. The van der Waals surface area contributed by atoms with E-state index in [9.17, 15) is 24.0 Å². The molecule has 9 nitrogen and oxygen atoms in total. The zero-order valence-corrected chi connectivity index (χ0v) is 17.1. The molecule has 140 valence electrons. The molecule has 1 aromatic rings. The van der Waals surface area contributed by atoms with Crippen molar-refractivity contribution in [1.82, 2.24) is 0 Å². The minimum Gasteiger partial charge on any atom is -0.424 e. The maximum atomic E-state index is 12.7. The van der Waals surface area contributed by atoms with Crippen LogP contribution in [-0.4, -0.2) is 23.9 Å². The van der Waals surface area contributed by atoms with Crippen LogP contribution in [0.1, 0.15) is 27.7 Å². The van der Waals surface area contributed by atoms with Crippen LogP contribution in [0.5, 0.6) is 23.0 Å². The quantitative estimate of drug-likeness (QED) is 0.578. The van der Waals surface area contributed by atoms with Gasteiger partial charge in [0.15, 0.2) is 17.2 Å². The average Bonchev–Trinajstić information content (AvgIpc) is 2.55. The van der Waals surface area contributed by atoms with Crippen molar-refractivity contribution in [2.45, 2.75) is 27.7 Å². The number of hydrogen-bond acceptors (Lipinski definition) is 9. The Morgan fingerprint density at radius 2 is 0.885 bits per heavy atom. The van der Waals surface area contributed by atoms with Crippen LogP contribution >= 0.6 is 31.9 Å². The Hall–Kier alpha value is -2.27. The first kappa shape index (κ1) is 21.8. The SMILES string of the molecule is CC(=O)Oc1c(Br)c(OC(C)=O)c(OC(C)=O)c(=O)c(OC(C)=O)c1Br. The van der Waals surface area contributed by atoms with E-state index >= 15 is 0 Å². The summed E-state index contributed by atoms with van der Waals surface area (Å²) < 4.78 is 19.2. The summed E-state index contributed by atoms with van der Waals surface area (Å²) in [4.78, 5) is 58.2. The van der Waals surface area contributed by atoms with E-state index in [4.69, 9.17) is 18.9 Å². The highest BCUT2D eigenvalue weighted by atomic mass is 79.9. The number of hydrogen-bond donors (Lipinski definition) is 0. The van der Waals surface area contributed by atoms with Crippen LogP contribution in [0.2, 0.25) is 0 Å². The monoisotopic (exact) mass is 494 g/mol.